The molecule has 2 heterocycles. The molecule has 1 aromatic heterocycles. The molecular formula is C14H26N4. The minimum atomic E-state index is 0.816. The first-order valence-corrected chi connectivity index (χ1v) is 7.25. The molecule has 1 N–H and O–H groups in total. The fourth-order valence-electron chi connectivity index (χ4n) is 2.74. The van der Waals surface area contributed by atoms with Crippen LogP contribution in [0.5, 0.6) is 0 Å². The van der Waals surface area contributed by atoms with Gasteiger partial charge in [0.2, 0.25) is 0 Å². The minimum Gasteiger partial charge on any atom is -0.334 e. The van der Waals surface area contributed by atoms with E-state index in [-0.39, 0.29) is 0 Å². The Labute approximate surface area is 110 Å². The molecule has 0 aliphatic carbocycles. The van der Waals surface area contributed by atoms with Gasteiger partial charge in [-0.1, -0.05) is 6.92 Å². The highest BCUT2D eigenvalue weighted by Crippen LogP contribution is 2.13. The monoisotopic (exact) mass is 250 g/mol. The Hall–Kier alpha value is -0.870. The molecule has 0 aromatic carbocycles. The lowest BCUT2D eigenvalue weighted by Crippen LogP contribution is -2.38. The van der Waals surface area contributed by atoms with Gasteiger partial charge in [-0.15, -0.1) is 0 Å². The number of rotatable bonds is 6. The summed E-state index contributed by atoms with van der Waals surface area (Å²) in [4.78, 5) is 6.79. The number of nitrogens with one attached hydrogen (secondary N) is 1. The molecule has 4 heteroatoms. The fraction of sp³-hybridized carbons (Fsp3) is 0.786. The van der Waals surface area contributed by atoms with Gasteiger partial charge in [-0.2, -0.15) is 0 Å². The zero-order valence-corrected chi connectivity index (χ0v) is 11.7. The molecule has 1 aromatic rings. The number of nitrogens with zero attached hydrogens (tertiary/aromatic N) is 3. The van der Waals surface area contributed by atoms with Crippen LogP contribution >= 0.6 is 0 Å². The maximum absolute atomic E-state index is 4.25. The lowest BCUT2D eigenvalue weighted by molar-refractivity contribution is 0.206. The van der Waals surface area contributed by atoms with Gasteiger partial charge in [-0.05, 0) is 45.3 Å². The first-order chi connectivity index (χ1) is 8.83. The number of aryl methyl sites for hydroxylation is 1. The molecule has 102 valence electrons. The summed E-state index contributed by atoms with van der Waals surface area (Å²) in [5, 5.41) is 3.50. The predicted octanol–water partition coefficient (Wildman–Crippen LogP) is 1.72. The third-order valence-electron chi connectivity index (χ3n) is 3.89. The Balaban J connectivity index is 1.88. The number of hydrogen-bond donors (Lipinski definition) is 1. The van der Waals surface area contributed by atoms with Crippen LogP contribution < -0.4 is 5.32 Å². The Kier molecular flexibility index (Phi) is 5.20. The smallest absolute Gasteiger partial charge is 0.0948 e. The van der Waals surface area contributed by atoms with Crippen molar-refractivity contribution in [1.82, 2.24) is 19.8 Å². The molecule has 0 bridgehead atoms. The van der Waals surface area contributed by atoms with E-state index in [4.69, 9.17) is 0 Å². The van der Waals surface area contributed by atoms with E-state index in [1.165, 1.54) is 38.2 Å². The van der Waals surface area contributed by atoms with Crippen LogP contribution in [0.15, 0.2) is 12.5 Å². The third-order valence-corrected chi connectivity index (χ3v) is 3.89. The van der Waals surface area contributed by atoms with Gasteiger partial charge in [0.15, 0.2) is 0 Å². The zero-order valence-electron chi connectivity index (χ0n) is 11.7. The second-order valence-electron chi connectivity index (χ2n) is 5.21. The Bertz CT molecular complexity index is 341. The highest BCUT2D eigenvalue weighted by atomic mass is 15.2. The number of piperidine rings is 1. The Morgan fingerprint density at radius 3 is 3.06 bits per heavy atom. The molecule has 0 saturated carbocycles. The topological polar surface area (TPSA) is 33.1 Å². The van der Waals surface area contributed by atoms with E-state index in [1.54, 1.807) is 0 Å². The van der Waals surface area contributed by atoms with Crippen molar-refractivity contribution in [3.63, 3.8) is 0 Å². The van der Waals surface area contributed by atoms with Crippen LogP contribution in [0.1, 0.15) is 32.4 Å². The van der Waals surface area contributed by atoms with Gasteiger partial charge in [0.05, 0.1) is 12.0 Å². The molecular weight excluding hydrogens is 224 g/mol. The maximum atomic E-state index is 4.25. The summed E-state index contributed by atoms with van der Waals surface area (Å²) in [6, 6.07) is 0. The number of hydrogen-bond acceptors (Lipinski definition) is 3. The van der Waals surface area contributed by atoms with Crippen molar-refractivity contribution < 1.29 is 0 Å². The molecule has 2 rings (SSSR count). The van der Waals surface area contributed by atoms with E-state index in [2.05, 4.69) is 33.6 Å². The van der Waals surface area contributed by atoms with E-state index in [9.17, 15) is 0 Å². The fourth-order valence-corrected chi connectivity index (χ4v) is 2.74. The van der Waals surface area contributed by atoms with Crippen molar-refractivity contribution in [2.45, 2.75) is 39.8 Å². The van der Waals surface area contributed by atoms with E-state index >= 15 is 0 Å². The average Bonchev–Trinajstić information content (AvgIpc) is 2.86. The van der Waals surface area contributed by atoms with E-state index in [0.717, 1.165) is 25.6 Å². The van der Waals surface area contributed by atoms with E-state index in [1.807, 2.05) is 12.5 Å². The molecule has 1 saturated heterocycles. The van der Waals surface area contributed by atoms with Crippen molar-refractivity contribution >= 4 is 0 Å². The van der Waals surface area contributed by atoms with Crippen LogP contribution in [0, 0.1) is 5.92 Å². The Morgan fingerprint density at radius 2 is 2.39 bits per heavy atom. The third kappa shape index (κ3) is 3.56. The standard InChI is InChI=1S/C14H26N4/c1-3-17(10-13-6-5-7-15-8-13)11-14-9-16-12-18(14)4-2/h9,12-13,15H,3-8,10-11H2,1-2H3. The van der Waals surface area contributed by atoms with Gasteiger partial charge in [-0.25, -0.2) is 4.98 Å². The SMILES string of the molecule is CCN(Cc1cncn1CC)CC1CCCNC1. The van der Waals surface area contributed by atoms with Crippen LogP contribution in [0.3, 0.4) is 0 Å². The van der Waals surface area contributed by atoms with Crippen molar-refractivity contribution in [2.24, 2.45) is 5.92 Å². The summed E-state index contributed by atoms with van der Waals surface area (Å²) in [6.45, 7) is 11.2. The van der Waals surface area contributed by atoms with Gasteiger partial charge in [0, 0.05) is 25.8 Å². The van der Waals surface area contributed by atoms with Crippen LogP contribution in [0.2, 0.25) is 0 Å². The molecule has 0 amide bonds. The van der Waals surface area contributed by atoms with Crippen LogP contribution in [0.4, 0.5) is 0 Å². The molecule has 1 unspecified atom stereocenters. The highest BCUT2D eigenvalue weighted by molar-refractivity contribution is 4.98. The largest absolute Gasteiger partial charge is 0.334 e. The summed E-state index contributed by atoms with van der Waals surface area (Å²) in [5.74, 6) is 0.816. The summed E-state index contributed by atoms with van der Waals surface area (Å²) in [7, 11) is 0. The van der Waals surface area contributed by atoms with E-state index < -0.39 is 0 Å². The molecule has 1 fully saturated rings. The quantitative estimate of drug-likeness (QED) is 0.834. The second kappa shape index (κ2) is 6.90. The van der Waals surface area contributed by atoms with Crippen molar-refractivity contribution in [3.05, 3.63) is 18.2 Å². The molecule has 0 radical (unpaired) electrons. The lowest BCUT2D eigenvalue weighted by atomic mass is 9.99. The molecule has 18 heavy (non-hydrogen) atoms. The zero-order chi connectivity index (χ0) is 12.8. The van der Waals surface area contributed by atoms with Crippen LogP contribution in [0.25, 0.3) is 0 Å². The Morgan fingerprint density at radius 1 is 1.50 bits per heavy atom. The first kappa shape index (κ1) is 13.6. The van der Waals surface area contributed by atoms with Gasteiger partial charge in [-0.3, -0.25) is 4.90 Å². The van der Waals surface area contributed by atoms with Gasteiger partial charge in [0.1, 0.15) is 0 Å². The van der Waals surface area contributed by atoms with Crippen molar-refractivity contribution in [2.75, 3.05) is 26.2 Å². The highest BCUT2D eigenvalue weighted by Gasteiger charge is 2.17. The second-order valence-corrected chi connectivity index (χ2v) is 5.21. The van der Waals surface area contributed by atoms with E-state index in [0.29, 0.717) is 0 Å². The van der Waals surface area contributed by atoms with Gasteiger partial charge < -0.3 is 9.88 Å². The predicted molar refractivity (Wildman–Crippen MR) is 74.4 cm³/mol. The van der Waals surface area contributed by atoms with Gasteiger partial charge in [0.25, 0.3) is 0 Å². The molecule has 0 spiro atoms. The lowest BCUT2D eigenvalue weighted by Gasteiger charge is -2.29. The average molecular weight is 250 g/mol. The summed E-state index contributed by atoms with van der Waals surface area (Å²) < 4.78 is 2.24. The minimum absolute atomic E-state index is 0.816. The molecule has 4 nitrogen and oxygen atoms in total. The molecule has 1 atom stereocenters. The van der Waals surface area contributed by atoms with Crippen LogP contribution in [-0.2, 0) is 13.1 Å². The molecule has 1 aliphatic heterocycles. The van der Waals surface area contributed by atoms with Gasteiger partial charge >= 0.3 is 0 Å². The summed E-state index contributed by atoms with van der Waals surface area (Å²) in [5.41, 5.74) is 1.34. The van der Waals surface area contributed by atoms with Crippen molar-refractivity contribution in [1.29, 1.82) is 0 Å². The van der Waals surface area contributed by atoms with Crippen molar-refractivity contribution in [3.8, 4) is 0 Å². The number of imidazole rings is 1. The number of aromatic nitrogens is 2. The maximum Gasteiger partial charge on any atom is 0.0948 e. The summed E-state index contributed by atoms with van der Waals surface area (Å²) in [6.07, 6.45) is 6.64. The normalized spacial score (nSPS) is 20.5. The summed E-state index contributed by atoms with van der Waals surface area (Å²) >= 11 is 0. The molecule has 1 aliphatic rings. The first-order valence-electron chi connectivity index (χ1n) is 7.25. The van der Waals surface area contributed by atoms with Crippen LogP contribution in [-0.4, -0.2) is 40.6 Å².